The number of halogens is 1. The first-order valence-corrected chi connectivity index (χ1v) is 8.55. The van der Waals surface area contributed by atoms with E-state index in [2.05, 4.69) is 29.0 Å². The van der Waals surface area contributed by atoms with Crippen molar-refractivity contribution < 1.29 is 9.50 Å². The van der Waals surface area contributed by atoms with E-state index in [1.165, 1.54) is 17.7 Å². The lowest BCUT2D eigenvalue weighted by molar-refractivity contribution is 0.200. The molecule has 1 saturated heterocycles. The number of nitrogens with zero attached hydrogens (tertiary/aromatic N) is 2. The number of anilines is 1. The zero-order chi connectivity index (χ0) is 16.9. The second-order valence-electron chi connectivity index (χ2n) is 6.58. The van der Waals surface area contributed by atoms with Crippen molar-refractivity contribution in [3.63, 3.8) is 0 Å². The van der Waals surface area contributed by atoms with Crippen LogP contribution in [0.25, 0.3) is 0 Å². The summed E-state index contributed by atoms with van der Waals surface area (Å²) in [5.74, 6) is -0.180. The summed E-state index contributed by atoms with van der Waals surface area (Å²) in [6.07, 6.45) is 2.23. The molecule has 0 aliphatic carbocycles. The third-order valence-corrected chi connectivity index (χ3v) is 4.92. The van der Waals surface area contributed by atoms with Gasteiger partial charge in [-0.3, -0.25) is 4.90 Å². The molecule has 1 aliphatic heterocycles. The number of rotatable bonds is 5. The minimum Gasteiger partial charge on any atom is -0.392 e. The lowest BCUT2D eigenvalue weighted by Gasteiger charge is -2.38. The van der Waals surface area contributed by atoms with E-state index < -0.39 is 0 Å². The van der Waals surface area contributed by atoms with Crippen LogP contribution in [0.1, 0.15) is 24.0 Å². The topological polar surface area (TPSA) is 26.7 Å². The van der Waals surface area contributed by atoms with Gasteiger partial charge in [0.05, 0.1) is 6.61 Å². The molecule has 2 aromatic rings. The van der Waals surface area contributed by atoms with E-state index in [1.807, 2.05) is 24.3 Å². The molecule has 0 aromatic heterocycles. The Hall–Kier alpha value is -1.91. The summed E-state index contributed by atoms with van der Waals surface area (Å²) in [6, 6.07) is 15.5. The second-order valence-corrected chi connectivity index (χ2v) is 6.58. The zero-order valence-corrected chi connectivity index (χ0v) is 14.2. The van der Waals surface area contributed by atoms with Crippen molar-refractivity contribution in [2.45, 2.75) is 32.0 Å². The van der Waals surface area contributed by atoms with Gasteiger partial charge in [-0.25, -0.2) is 4.39 Å². The molecule has 0 saturated carbocycles. The fourth-order valence-corrected chi connectivity index (χ4v) is 3.38. The molecule has 3 nitrogen and oxygen atoms in total. The van der Waals surface area contributed by atoms with Crippen LogP contribution in [-0.2, 0) is 13.2 Å². The Kier molecular flexibility index (Phi) is 5.48. The van der Waals surface area contributed by atoms with E-state index >= 15 is 0 Å². The SMILES string of the molecule is CN(Cc1ccc(CO)cc1)C1CCN(c2ccc(F)cc2)CC1. The highest BCUT2D eigenvalue weighted by Gasteiger charge is 2.22. The monoisotopic (exact) mass is 328 g/mol. The average Bonchev–Trinajstić information content (AvgIpc) is 2.63. The van der Waals surface area contributed by atoms with E-state index in [0.29, 0.717) is 6.04 Å². The van der Waals surface area contributed by atoms with Gasteiger partial charge in [-0.15, -0.1) is 0 Å². The summed E-state index contributed by atoms with van der Waals surface area (Å²) in [4.78, 5) is 4.75. The quantitative estimate of drug-likeness (QED) is 0.911. The van der Waals surface area contributed by atoms with Crippen molar-refractivity contribution in [3.05, 3.63) is 65.5 Å². The molecular weight excluding hydrogens is 303 g/mol. The summed E-state index contributed by atoms with van der Waals surface area (Å²) in [6.45, 7) is 3.03. The molecule has 0 amide bonds. The third kappa shape index (κ3) is 4.13. The number of hydrogen-bond donors (Lipinski definition) is 1. The van der Waals surface area contributed by atoms with Crippen LogP contribution < -0.4 is 4.90 Å². The van der Waals surface area contributed by atoms with Crippen LogP contribution in [0.5, 0.6) is 0 Å². The molecule has 4 heteroatoms. The Morgan fingerprint density at radius 3 is 2.17 bits per heavy atom. The summed E-state index contributed by atoms with van der Waals surface area (Å²) in [5.41, 5.74) is 3.33. The van der Waals surface area contributed by atoms with Crippen LogP contribution in [0.4, 0.5) is 10.1 Å². The third-order valence-electron chi connectivity index (χ3n) is 4.92. The molecule has 0 bridgehead atoms. The predicted molar refractivity (Wildman–Crippen MR) is 95.5 cm³/mol. The molecule has 128 valence electrons. The number of benzene rings is 2. The highest BCUT2D eigenvalue weighted by molar-refractivity contribution is 5.46. The fourth-order valence-electron chi connectivity index (χ4n) is 3.38. The minimum atomic E-state index is -0.180. The summed E-state index contributed by atoms with van der Waals surface area (Å²) in [7, 11) is 2.18. The Morgan fingerprint density at radius 2 is 1.58 bits per heavy atom. The van der Waals surface area contributed by atoms with Gasteiger partial charge in [0.1, 0.15) is 5.82 Å². The first-order chi connectivity index (χ1) is 11.7. The Balaban J connectivity index is 1.52. The Bertz CT molecular complexity index is 634. The Labute approximate surface area is 143 Å². The molecule has 0 unspecified atom stereocenters. The van der Waals surface area contributed by atoms with Gasteiger partial charge in [0.25, 0.3) is 0 Å². The van der Waals surface area contributed by atoms with Crippen LogP contribution in [0, 0.1) is 5.82 Å². The fraction of sp³-hybridized carbons (Fsp3) is 0.400. The molecule has 3 rings (SSSR count). The molecule has 1 fully saturated rings. The van der Waals surface area contributed by atoms with Crippen LogP contribution in [0.3, 0.4) is 0 Å². The number of aliphatic hydroxyl groups is 1. The first-order valence-electron chi connectivity index (χ1n) is 8.55. The summed E-state index contributed by atoms with van der Waals surface area (Å²) < 4.78 is 13.0. The van der Waals surface area contributed by atoms with Gasteiger partial charge in [0.2, 0.25) is 0 Å². The zero-order valence-electron chi connectivity index (χ0n) is 14.2. The summed E-state index contributed by atoms with van der Waals surface area (Å²) in [5, 5.41) is 9.11. The summed E-state index contributed by atoms with van der Waals surface area (Å²) >= 11 is 0. The van der Waals surface area contributed by atoms with Crippen molar-refractivity contribution in [2.75, 3.05) is 25.0 Å². The molecule has 0 atom stereocenters. The van der Waals surface area contributed by atoms with Crippen molar-refractivity contribution in [2.24, 2.45) is 0 Å². The molecule has 1 N–H and O–H groups in total. The average molecular weight is 328 g/mol. The van der Waals surface area contributed by atoms with E-state index in [0.717, 1.165) is 43.7 Å². The number of piperidine rings is 1. The van der Waals surface area contributed by atoms with Crippen molar-refractivity contribution in [1.29, 1.82) is 0 Å². The van der Waals surface area contributed by atoms with E-state index in [4.69, 9.17) is 5.11 Å². The van der Waals surface area contributed by atoms with Gasteiger partial charge in [-0.2, -0.15) is 0 Å². The molecule has 1 aliphatic rings. The normalized spacial score (nSPS) is 15.9. The molecule has 1 heterocycles. The smallest absolute Gasteiger partial charge is 0.123 e. The van der Waals surface area contributed by atoms with Gasteiger partial charge in [0.15, 0.2) is 0 Å². The highest BCUT2D eigenvalue weighted by atomic mass is 19.1. The number of hydrogen-bond acceptors (Lipinski definition) is 3. The van der Waals surface area contributed by atoms with Crippen molar-refractivity contribution in [3.8, 4) is 0 Å². The van der Waals surface area contributed by atoms with E-state index in [-0.39, 0.29) is 12.4 Å². The largest absolute Gasteiger partial charge is 0.392 e. The predicted octanol–water partition coefficient (Wildman–Crippen LogP) is 3.42. The minimum absolute atomic E-state index is 0.0952. The molecule has 0 radical (unpaired) electrons. The maximum absolute atomic E-state index is 13.0. The highest BCUT2D eigenvalue weighted by Crippen LogP contribution is 2.23. The van der Waals surface area contributed by atoms with Crippen LogP contribution >= 0.6 is 0 Å². The van der Waals surface area contributed by atoms with E-state index in [1.54, 1.807) is 0 Å². The van der Waals surface area contributed by atoms with Crippen molar-refractivity contribution >= 4 is 5.69 Å². The van der Waals surface area contributed by atoms with Gasteiger partial charge in [-0.1, -0.05) is 24.3 Å². The second kappa shape index (κ2) is 7.77. The molecular formula is C20H25FN2O. The van der Waals surface area contributed by atoms with Crippen LogP contribution in [0.15, 0.2) is 48.5 Å². The van der Waals surface area contributed by atoms with Gasteiger partial charge in [-0.05, 0) is 55.3 Å². The maximum atomic E-state index is 13.0. The lowest BCUT2D eigenvalue weighted by Crippen LogP contribution is -2.43. The molecule has 24 heavy (non-hydrogen) atoms. The van der Waals surface area contributed by atoms with Gasteiger partial charge < -0.3 is 10.0 Å². The first kappa shape index (κ1) is 16.9. The number of aliphatic hydroxyl groups excluding tert-OH is 1. The van der Waals surface area contributed by atoms with Gasteiger partial charge in [0, 0.05) is 31.4 Å². The lowest BCUT2D eigenvalue weighted by atomic mass is 10.0. The standard InChI is InChI=1S/C20H25FN2O/c1-22(14-16-2-4-17(15-24)5-3-16)19-10-12-23(13-11-19)20-8-6-18(21)7-9-20/h2-9,19,24H,10-15H2,1H3. The van der Waals surface area contributed by atoms with E-state index in [9.17, 15) is 4.39 Å². The Morgan fingerprint density at radius 1 is 1.00 bits per heavy atom. The molecule has 2 aromatic carbocycles. The van der Waals surface area contributed by atoms with Crippen LogP contribution in [0.2, 0.25) is 0 Å². The molecule has 0 spiro atoms. The van der Waals surface area contributed by atoms with Crippen LogP contribution in [-0.4, -0.2) is 36.2 Å². The van der Waals surface area contributed by atoms with Gasteiger partial charge >= 0.3 is 0 Å². The van der Waals surface area contributed by atoms with Crippen molar-refractivity contribution in [1.82, 2.24) is 4.90 Å². The maximum Gasteiger partial charge on any atom is 0.123 e.